The maximum Gasteiger partial charge on any atom is 0.223 e. The minimum absolute atomic E-state index is 0.143. The topological polar surface area (TPSA) is 49.6 Å². The van der Waals surface area contributed by atoms with Crippen molar-refractivity contribution in [2.45, 2.75) is 25.8 Å². The lowest BCUT2D eigenvalue weighted by Gasteiger charge is -2.24. The van der Waals surface area contributed by atoms with Gasteiger partial charge in [-0.3, -0.25) is 4.79 Å². The van der Waals surface area contributed by atoms with E-state index in [0.29, 0.717) is 17.8 Å². The van der Waals surface area contributed by atoms with Crippen LogP contribution in [0.15, 0.2) is 0 Å². The zero-order valence-corrected chi connectivity index (χ0v) is 10.8. The third-order valence-corrected chi connectivity index (χ3v) is 2.59. The highest BCUT2D eigenvalue weighted by molar-refractivity contribution is 7.80. The Kier molecular flexibility index (Phi) is 6.43. The first-order valence-electron chi connectivity index (χ1n) is 5.03. The summed E-state index contributed by atoms with van der Waals surface area (Å²) >= 11 is 4.84. The molecule has 4 nitrogen and oxygen atoms in total. The van der Waals surface area contributed by atoms with Gasteiger partial charge < -0.3 is 15.5 Å². The monoisotopic (exact) mass is 231 g/mol. The molecule has 0 radical (unpaired) electrons. The molecular formula is C10H21N3OS. The van der Waals surface area contributed by atoms with E-state index in [2.05, 4.69) is 11.8 Å². The highest BCUT2D eigenvalue weighted by atomic mass is 32.1. The van der Waals surface area contributed by atoms with Gasteiger partial charge in [0.05, 0.1) is 4.99 Å². The number of amides is 1. The SMILES string of the molecule is CC(CC(N)=S)N(C)CCC(=O)N(C)C. The first-order chi connectivity index (χ1) is 6.84. The first-order valence-corrected chi connectivity index (χ1v) is 5.44. The third kappa shape index (κ3) is 6.41. The molecule has 15 heavy (non-hydrogen) atoms. The zero-order valence-electron chi connectivity index (χ0n) is 9.99. The van der Waals surface area contributed by atoms with Gasteiger partial charge >= 0.3 is 0 Å². The Bertz CT molecular complexity index is 231. The number of nitrogens with zero attached hydrogens (tertiary/aromatic N) is 2. The second kappa shape index (κ2) is 6.74. The molecule has 0 aliphatic heterocycles. The lowest BCUT2D eigenvalue weighted by molar-refractivity contribution is -0.129. The van der Waals surface area contributed by atoms with Gasteiger partial charge in [0, 0.05) is 39.5 Å². The van der Waals surface area contributed by atoms with E-state index >= 15 is 0 Å². The molecule has 0 rings (SSSR count). The molecule has 0 fully saturated rings. The summed E-state index contributed by atoms with van der Waals surface area (Å²) in [5.41, 5.74) is 5.46. The maximum absolute atomic E-state index is 11.3. The van der Waals surface area contributed by atoms with E-state index in [1.165, 1.54) is 0 Å². The number of carbonyl (C=O) groups excluding carboxylic acids is 1. The fourth-order valence-corrected chi connectivity index (χ4v) is 1.40. The van der Waals surface area contributed by atoms with Gasteiger partial charge in [0.15, 0.2) is 0 Å². The summed E-state index contributed by atoms with van der Waals surface area (Å²) in [5, 5.41) is 0. The summed E-state index contributed by atoms with van der Waals surface area (Å²) in [6, 6.07) is 0.289. The van der Waals surface area contributed by atoms with Crippen molar-refractivity contribution in [2.24, 2.45) is 5.73 Å². The van der Waals surface area contributed by atoms with Crippen LogP contribution in [0.5, 0.6) is 0 Å². The number of hydrogen-bond acceptors (Lipinski definition) is 3. The molecule has 2 N–H and O–H groups in total. The predicted octanol–water partition coefficient (Wildman–Crippen LogP) is 0.461. The molecule has 1 atom stereocenters. The zero-order chi connectivity index (χ0) is 12.0. The van der Waals surface area contributed by atoms with Crippen LogP contribution in [-0.4, -0.2) is 54.4 Å². The highest BCUT2D eigenvalue weighted by Crippen LogP contribution is 2.02. The van der Waals surface area contributed by atoms with Gasteiger partial charge in [-0.15, -0.1) is 0 Å². The van der Waals surface area contributed by atoms with Crippen LogP contribution in [0.25, 0.3) is 0 Å². The summed E-state index contributed by atoms with van der Waals surface area (Å²) < 4.78 is 0. The Balaban J connectivity index is 3.87. The standard InChI is InChI=1S/C10H21N3OS/c1-8(7-9(11)15)13(4)6-5-10(14)12(2)3/h8H,5-7H2,1-4H3,(H2,11,15). The van der Waals surface area contributed by atoms with Crippen LogP contribution >= 0.6 is 12.2 Å². The van der Waals surface area contributed by atoms with Gasteiger partial charge in [-0.1, -0.05) is 12.2 Å². The molecule has 0 bridgehead atoms. The average Bonchev–Trinajstić information content (AvgIpc) is 2.12. The van der Waals surface area contributed by atoms with Crippen LogP contribution in [0.2, 0.25) is 0 Å². The van der Waals surface area contributed by atoms with Crippen molar-refractivity contribution < 1.29 is 4.79 Å². The van der Waals surface area contributed by atoms with Crippen molar-refractivity contribution in [1.29, 1.82) is 0 Å². The molecule has 0 aromatic carbocycles. The fourth-order valence-electron chi connectivity index (χ4n) is 1.16. The van der Waals surface area contributed by atoms with Crippen LogP contribution in [0.4, 0.5) is 0 Å². The predicted molar refractivity (Wildman–Crippen MR) is 66.8 cm³/mol. The van der Waals surface area contributed by atoms with E-state index in [4.69, 9.17) is 18.0 Å². The van der Waals surface area contributed by atoms with Crippen LogP contribution in [-0.2, 0) is 4.79 Å². The smallest absolute Gasteiger partial charge is 0.223 e. The molecule has 0 heterocycles. The van der Waals surface area contributed by atoms with Gasteiger partial charge in [0.25, 0.3) is 0 Å². The number of rotatable bonds is 6. The van der Waals surface area contributed by atoms with Gasteiger partial charge in [-0.05, 0) is 14.0 Å². The Hall–Kier alpha value is -0.680. The van der Waals surface area contributed by atoms with Crippen molar-refractivity contribution in [3.8, 4) is 0 Å². The van der Waals surface area contributed by atoms with Gasteiger partial charge in [0.1, 0.15) is 0 Å². The number of nitrogens with two attached hydrogens (primary N) is 1. The van der Waals surface area contributed by atoms with Crippen molar-refractivity contribution in [1.82, 2.24) is 9.80 Å². The molecule has 0 aromatic rings. The average molecular weight is 231 g/mol. The Morgan fingerprint density at radius 1 is 1.40 bits per heavy atom. The van der Waals surface area contributed by atoms with E-state index in [9.17, 15) is 4.79 Å². The van der Waals surface area contributed by atoms with Crippen molar-refractivity contribution in [3.05, 3.63) is 0 Å². The molecule has 5 heteroatoms. The van der Waals surface area contributed by atoms with Gasteiger partial charge in [-0.2, -0.15) is 0 Å². The molecule has 0 saturated carbocycles. The van der Waals surface area contributed by atoms with E-state index < -0.39 is 0 Å². The van der Waals surface area contributed by atoms with Crippen molar-refractivity contribution in [2.75, 3.05) is 27.7 Å². The minimum atomic E-state index is 0.143. The lowest BCUT2D eigenvalue weighted by Crippen LogP contribution is -2.35. The molecule has 0 aliphatic carbocycles. The van der Waals surface area contributed by atoms with Gasteiger partial charge in [0.2, 0.25) is 5.91 Å². The van der Waals surface area contributed by atoms with Gasteiger partial charge in [-0.25, -0.2) is 0 Å². The summed E-state index contributed by atoms with van der Waals surface area (Å²) in [4.78, 5) is 15.6. The van der Waals surface area contributed by atoms with Crippen LogP contribution in [0.1, 0.15) is 19.8 Å². The molecule has 0 spiro atoms. The second-order valence-corrected chi connectivity index (χ2v) is 4.56. The van der Waals surface area contributed by atoms with E-state index in [0.717, 1.165) is 6.54 Å². The molecule has 0 saturated heterocycles. The number of hydrogen-bond donors (Lipinski definition) is 1. The Morgan fingerprint density at radius 2 is 1.93 bits per heavy atom. The molecule has 0 aliphatic rings. The summed E-state index contributed by atoms with van der Waals surface area (Å²) in [6.45, 7) is 2.79. The quantitative estimate of drug-likeness (QED) is 0.675. The largest absolute Gasteiger partial charge is 0.393 e. The Labute approximate surface area is 97.4 Å². The third-order valence-electron chi connectivity index (χ3n) is 2.43. The summed E-state index contributed by atoms with van der Waals surface area (Å²) in [6.07, 6.45) is 1.23. The van der Waals surface area contributed by atoms with E-state index in [1.807, 2.05) is 7.05 Å². The van der Waals surface area contributed by atoms with Crippen LogP contribution in [0, 0.1) is 0 Å². The van der Waals surface area contributed by atoms with Crippen molar-refractivity contribution in [3.63, 3.8) is 0 Å². The van der Waals surface area contributed by atoms with E-state index in [-0.39, 0.29) is 11.9 Å². The first kappa shape index (κ1) is 14.3. The normalized spacial score (nSPS) is 12.6. The maximum atomic E-state index is 11.3. The molecule has 0 aromatic heterocycles. The minimum Gasteiger partial charge on any atom is -0.393 e. The Morgan fingerprint density at radius 3 is 2.33 bits per heavy atom. The molecule has 1 amide bonds. The van der Waals surface area contributed by atoms with Crippen LogP contribution in [0.3, 0.4) is 0 Å². The van der Waals surface area contributed by atoms with Crippen molar-refractivity contribution >= 4 is 23.1 Å². The molecule has 1 unspecified atom stereocenters. The summed E-state index contributed by atoms with van der Waals surface area (Å²) in [5.74, 6) is 0.143. The molecular weight excluding hydrogens is 210 g/mol. The molecule has 88 valence electrons. The highest BCUT2D eigenvalue weighted by Gasteiger charge is 2.12. The summed E-state index contributed by atoms with van der Waals surface area (Å²) in [7, 11) is 5.51. The van der Waals surface area contributed by atoms with Crippen LogP contribution < -0.4 is 5.73 Å². The second-order valence-electron chi connectivity index (χ2n) is 4.04. The van der Waals surface area contributed by atoms with E-state index in [1.54, 1.807) is 19.0 Å². The number of carbonyl (C=O) groups is 1. The lowest BCUT2D eigenvalue weighted by atomic mass is 10.2. The fraction of sp³-hybridized carbons (Fsp3) is 0.800. The number of thiocarbonyl (C=S) groups is 1.